The summed E-state index contributed by atoms with van der Waals surface area (Å²) in [5.41, 5.74) is 1.83. The topological polar surface area (TPSA) is 131 Å². The Morgan fingerprint density at radius 2 is 2.09 bits per heavy atom. The predicted molar refractivity (Wildman–Crippen MR) is 129 cm³/mol. The number of pyridine rings is 1. The van der Waals surface area contributed by atoms with Gasteiger partial charge >= 0.3 is 0 Å². The number of benzene rings is 1. The molecule has 0 aliphatic carbocycles. The van der Waals surface area contributed by atoms with Gasteiger partial charge in [-0.2, -0.15) is 10.1 Å². The predicted octanol–water partition coefficient (Wildman–Crippen LogP) is 3.47. The number of fused-ring (bicyclic) bond motifs is 1. The van der Waals surface area contributed by atoms with E-state index in [2.05, 4.69) is 37.8 Å². The molecular formula is C24H29N7O3. The van der Waals surface area contributed by atoms with E-state index in [1.54, 1.807) is 17.8 Å². The van der Waals surface area contributed by atoms with E-state index < -0.39 is 12.0 Å². The van der Waals surface area contributed by atoms with Crippen LogP contribution in [0.4, 0.5) is 11.6 Å². The summed E-state index contributed by atoms with van der Waals surface area (Å²) in [6.07, 6.45) is 4.64. The van der Waals surface area contributed by atoms with Gasteiger partial charge in [0.25, 0.3) is 5.91 Å². The highest BCUT2D eigenvalue weighted by Crippen LogP contribution is 2.26. The number of hydrogen-bond acceptors (Lipinski definition) is 8. The molecule has 3 N–H and O–H groups in total. The van der Waals surface area contributed by atoms with Crippen LogP contribution in [0, 0.1) is 6.92 Å². The average Bonchev–Trinajstić information content (AvgIpc) is 3.42. The van der Waals surface area contributed by atoms with Crippen LogP contribution in [0.15, 0.2) is 41.1 Å². The standard InChI is InChI=1S/C24H29N7O3/c1-4-5-6-7-18-13-21(29-31(18)3)28-24(33)20(32)14-26-23-19-12-17(22-27-15(2)34-30-22)9-8-16(19)10-11-25-23/h8-13,20,32H,4-7,14H2,1-3H3,(H,25,26)(H,28,29,33)/t20-/m1/s1. The van der Waals surface area contributed by atoms with Crippen LogP contribution < -0.4 is 10.6 Å². The van der Waals surface area contributed by atoms with Crippen LogP contribution in [0.2, 0.25) is 0 Å². The Morgan fingerprint density at radius 3 is 2.85 bits per heavy atom. The van der Waals surface area contributed by atoms with Crippen molar-refractivity contribution in [3.63, 3.8) is 0 Å². The van der Waals surface area contributed by atoms with Gasteiger partial charge in [-0.25, -0.2) is 4.98 Å². The number of carbonyl (C=O) groups excluding carboxylic acids is 1. The van der Waals surface area contributed by atoms with Crippen LogP contribution in [0.3, 0.4) is 0 Å². The summed E-state index contributed by atoms with van der Waals surface area (Å²) >= 11 is 0. The number of nitrogens with zero attached hydrogens (tertiary/aromatic N) is 5. The zero-order chi connectivity index (χ0) is 24.1. The van der Waals surface area contributed by atoms with E-state index in [0.717, 1.165) is 47.7 Å². The zero-order valence-electron chi connectivity index (χ0n) is 19.6. The first-order chi connectivity index (χ1) is 16.4. The molecule has 0 saturated heterocycles. The van der Waals surface area contributed by atoms with E-state index in [9.17, 15) is 9.90 Å². The number of amides is 1. The molecule has 10 heteroatoms. The van der Waals surface area contributed by atoms with Crippen molar-refractivity contribution in [2.24, 2.45) is 7.05 Å². The third-order valence-electron chi connectivity index (χ3n) is 5.58. The molecule has 0 aliphatic rings. The number of hydrogen-bond donors (Lipinski definition) is 3. The van der Waals surface area contributed by atoms with Gasteiger partial charge in [0.15, 0.2) is 5.82 Å². The van der Waals surface area contributed by atoms with Crippen molar-refractivity contribution in [3.8, 4) is 11.4 Å². The van der Waals surface area contributed by atoms with Gasteiger partial charge in [0.05, 0.1) is 6.54 Å². The third kappa shape index (κ3) is 5.40. The van der Waals surface area contributed by atoms with Crippen LogP contribution in [-0.2, 0) is 18.3 Å². The lowest BCUT2D eigenvalue weighted by Crippen LogP contribution is -2.34. The quantitative estimate of drug-likeness (QED) is 0.305. The van der Waals surface area contributed by atoms with Gasteiger partial charge in [0.2, 0.25) is 11.7 Å². The number of rotatable bonds is 10. The highest BCUT2D eigenvalue weighted by Gasteiger charge is 2.18. The smallest absolute Gasteiger partial charge is 0.256 e. The minimum absolute atomic E-state index is 0.0142. The summed E-state index contributed by atoms with van der Waals surface area (Å²) in [7, 11) is 1.85. The second-order valence-electron chi connectivity index (χ2n) is 8.22. The maximum Gasteiger partial charge on any atom is 0.256 e. The molecule has 0 radical (unpaired) electrons. The van der Waals surface area contributed by atoms with E-state index in [1.165, 1.54) is 0 Å². The first-order valence-electron chi connectivity index (χ1n) is 11.4. The van der Waals surface area contributed by atoms with Gasteiger partial charge in [-0.1, -0.05) is 37.1 Å². The summed E-state index contributed by atoms with van der Waals surface area (Å²) in [4.78, 5) is 21.2. The van der Waals surface area contributed by atoms with Crippen LogP contribution >= 0.6 is 0 Å². The number of aliphatic hydroxyl groups is 1. The van der Waals surface area contributed by atoms with Crippen LogP contribution in [-0.4, -0.2) is 48.6 Å². The Hall–Kier alpha value is -3.79. The number of unbranched alkanes of at least 4 members (excludes halogenated alkanes) is 2. The number of nitrogens with one attached hydrogen (secondary N) is 2. The molecule has 1 atom stereocenters. The van der Waals surface area contributed by atoms with Crippen molar-refractivity contribution in [3.05, 3.63) is 48.1 Å². The summed E-state index contributed by atoms with van der Waals surface area (Å²) in [6, 6.07) is 9.47. The van der Waals surface area contributed by atoms with Crippen LogP contribution in [0.25, 0.3) is 22.2 Å². The summed E-state index contributed by atoms with van der Waals surface area (Å²) in [5.74, 6) is 1.41. The number of anilines is 2. The Labute approximate surface area is 197 Å². The molecule has 3 heterocycles. The van der Waals surface area contributed by atoms with E-state index in [-0.39, 0.29) is 6.54 Å². The number of aryl methyl sites for hydroxylation is 3. The molecule has 0 fully saturated rings. The second kappa shape index (κ2) is 10.4. The average molecular weight is 464 g/mol. The van der Waals surface area contributed by atoms with Crippen LogP contribution in [0.5, 0.6) is 0 Å². The van der Waals surface area contributed by atoms with E-state index in [4.69, 9.17) is 4.52 Å². The molecule has 0 aliphatic heterocycles. The van der Waals surface area contributed by atoms with Gasteiger partial charge < -0.3 is 20.3 Å². The Morgan fingerprint density at radius 1 is 1.24 bits per heavy atom. The molecule has 178 valence electrons. The minimum atomic E-state index is -1.29. The molecule has 10 nitrogen and oxygen atoms in total. The fraction of sp³-hybridized carbons (Fsp3) is 0.375. The normalized spacial score (nSPS) is 12.1. The van der Waals surface area contributed by atoms with Crippen molar-refractivity contribution in [1.29, 1.82) is 0 Å². The molecule has 1 aromatic carbocycles. The fourth-order valence-corrected chi connectivity index (χ4v) is 3.72. The van der Waals surface area contributed by atoms with Gasteiger partial charge in [-0.15, -0.1) is 0 Å². The van der Waals surface area contributed by atoms with E-state index in [0.29, 0.717) is 23.4 Å². The Balaban J connectivity index is 1.41. The van der Waals surface area contributed by atoms with Crippen LogP contribution in [0.1, 0.15) is 37.8 Å². The molecule has 1 amide bonds. The fourth-order valence-electron chi connectivity index (χ4n) is 3.72. The lowest BCUT2D eigenvalue weighted by atomic mass is 10.1. The largest absolute Gasteiger partial charge is 0.381 e. The molecule has 34 heavy (non-hydrogen) atoms. The molecule has 0 spiro atoms. The lowest BCUT2D eigenvalue weighted by Gasteiger charge is -2.13. The van der Waals surface area contributed by atoms with Gasteiger partial charge in [-0.05, 0) is 30.4 Å². The minimum Gasteiger partial charge on any atom is -0.381 e. The molecular weight excluding hydrogens is 434 g/mol. The first-order valence-corrected chi connectivity index (χ1v) is 11.4. The molecule has 4 aromatic rings. The Bertz CT molecular complexity index is 1280. The number of aromatic nitrogens is 5. The zero-order valence-corrected chi connectivity index (χ0v) is 19.6. The maximum atomic E-state index is 12.5. The second-order valence-corrected chi connectivity index (χ2v) is 8.22. The summed E-state index contributed by atoms with van der Waals surface area (Å²) < 4.78 is 6.83. The molecule has 4 rings (SSSR count). The van der Waals surface area contributed by atoms with Crippen molar-refractivity contribution in [2.45, 2.75) is 45.6 Å². The van der Waals surface area contributed by atoms with Crippen molar-refractivity contribution in [1.82, 2.24) is 24.9 Å². The first kappa shape index (κ1) is 23.4. The summed E-state index contributed by atoms with van der Waals surface area (Å²) in [5, 5.41) is 26.3. The van der Waals surface area contributed by atoms with Gasteiger partial charge in [0, 0.05) is 42.9 Å². The van der Waals surface area contributed by atoms with Gasteiger partial charge in [0.1, 0.15) is 11.9 Å². The lowest BCUT2D eigenvalue weighted by molar-refractivity contribution is -0.123. The molecule has 3 aromatic heterocycles. The highest BCUT2D eigenvalue weighted by atomic mass is 16.5. The van der Waals surface area contributed by atoms with E-state index >= 15 is 0 Å². The monoisotopic (exact) mass is 463 g/mol. The summed E-state index contributed by atoms with van der Waals surface area (Å²) in [6.45, 7) is 3.88. The Kier molecular flexibility index (Phi) is 7.17. The number of aliphatic hydroxyl groups excluding tert-OH is 1. The number of carbonyl (C=O) groups is 1. The third-order valence-corrected chi connectivity index (χ3v) is 5.58. The molecule has 0 bridgehead atoms. The van der Waals surface area contributed by atoms with E-state index in [1.807, 2.05) is 37.4 Å². The van der Waals surface area contributed by atoms with Crippen molar-refractivity contribution < 1.29 is 14.4 Å². The molecule has 0 unspecified atom stereocenters. The van der Waals surface area contributed by atoms with Crippen molar-refractivity contribution in [2.75, 3.05) is 17.2 Å². The molecule has 0 saturated carbocycles. The SMILES string of the molecule is CCCCCc1cc(NC(=O)[C@H](O)CNc2nccc3ccc(-c4noc(C)n4)cc23)nn1C. The van der Waals surface area contributed by atoms with Crippen molar-refractivity contribution >= 4 is 28.3 Å². The van der Waals surface area contributed by atoms with Gasteiger partial charge in [-0.3, -0.25) is 9.48 Å². The highest BCUT2D eigenvalue weighted by molar-refractivity contribution is 5.96. The maximum absolute atomic E-state index is 12.5.